The maximum Gasteiger partial charge on any atom is 0.310 e. The molecule has 1 fully saturated rings. The number of fused-ring (bicyclic) bond motifs is 1. The van der Waals surface area contributed by atoms with Crippen LogP contribution >= 0.6 is 22.7 Å². The van der Waals surface area contributed by atoms with Crippen LogP contribution in [-0.4, -0.2) is 50.5 Å². The van der Waals surface area contributed by atoms with Crippen molar-refractivity contribution in [2.45, 2.75) is 56.7 Å². The van der Waals surface area contributed by atoms with E-state index in [0.29, 0.717) is 17.4 Å². The summed E-state index contributed by atoms with van der Waals surface area (Å²) in [5.74, 6) is -0.133. The van der Waals surface area contributed by atoms with Gasteiger partial charge in [-0.2, -0.15) is 0 Å². The van der Waals surface area contributed by atoms with Gasteiger partial charge >= 0.3 is 5.97 Å². The molecule has 1 atom stereocenters. The highest BCUT2D eigenvalue weighted by Crippen LogP contribution is 2.37. The van der Waals surface area contributed by atoms with Crippen LogP contribution in [0, 0.1) is 5.92 Å². The summed E-state index contributed by atoms with van der Waals surface area (Å²) in [5, 5.41) is 2.81. The molecule has 1 aromatic carbocycles. The fourth-order valence-corrected chi connectivity index (χ4v) is 9.11. The van der Waals surface area contributed by atoms with Crippen molar-refractivity contribution < 1.29 is 17.9 Å². The molecule has 2 aliphatic rings. The van der Waals surface area contributed by atoms with Crippen LogP contribution in [0.5, 0.6) is 0 Å². The number of likely N-dealkylation sites (tertiary alicyclic amines) is 1. The number of aromatic nitrogens is 1. The molecule has 3 aromatic rings. The predicted octanol–water partition coefficient (Wildman–Crippen LogP) is 6.07. The van der Waals surface area contributed by atoms with Crippen molar-refractivity contribution in [1.82, 2.24) is 9.88 Å². The van der Waals surface area contributed by atoms with Crippen molar-refractivity contribution in [2.75, 3.05) is 30.5 Å². The van der Waals surface area contributed by atoms with Crippen LogP contribution in [0.25, 0.3) is 11.6 Å². The number of anilines is 1. The molecule has 0 radical (unpaired) electrons. The number of piperidine rings is 1. The lowest BCUT2D eigenvalue weighted by Gasteiger charge is -2.30. The summed E-state index contributed by atoms with van der Waals surface area (Å²) in [7, 11) is -3.61. The normalized spacial score (nSPS) is 18.2. The van der Waals surface area contributed by atoms with Crippen LogP contribution in [0.4, 0.5) is 5.69 Å². The lowest BCUT2D eigenvalue weighted by molar-refractivity contribution is -0.150. The number of carbonyl (C=O) groups is 1. The second kappa shape index (κ2) is 12.3. The summed E-state index contributed by atoms with van der Waals surface area (Å²) in [5.41, 5.74) is 4.09. The van der Waals surface area contributed by atoms with E-state index in [2.05, 4.69) is 17.0 Å². The number of esters is 1. The first-order valence-corrected chi connectivity index (χ1v) is 16.8. The van der Waals surface area contributed by atoms with Gasteiger partial charge in [-0.05, 0) is 92.8 Å². The van der Waals surface area contributed by atoms with Crippen LogP contribution in [0.3, 0.4) is 0 Å². The number of hydrogen-bond acceptors (Lipinski definition) is 8. The second-order valence-corrected chi connectivity index (χ2v) is 14.1. The average Bonchev–Trinajstić information content (AvgIpc) is 3.59. The van der Waals surface area contributed by atoms with Gasteiger partial charge in [-0.25, -0.2) is 13.4 Å². The Morgan fingerprint density at radius 1 is 1.18 bits per heavy atom. The SMILES string of the molecule is CCOC(=O)C1CCCN(Cc2cnc(C3=Cc4cccc(N(CC)S(=O)(=O)c5cccs5)c4CCC3)s2)C1. The topological polar surface area (TPSA) is 79.8 Å². The predicted molar refractivity (Wildman–Crippen MR) is 159 cm³/mol. The number of rotatable bonds is 9. The molecule has 5 rings (SSSR count). The number of thiophene rings is 1. The Morgan fingerprint density at radius 2 is 2.05 bits per heavy atom. The molecule has 2 aromatic heterocycles. The van der Waals surface area contributed by atoms with E-state index in [-0.39, 0.29) is 11.9 Å². The summed E-state index contributed by atoms with van der Waals surface area (Å²) in [4.78, 5) is 20.5. The molecule has 208 valence electrons. The van der Waals surface area contributed by atoms with E-state index >= 15 is 0 Å². The summed E-state index contributed by atoms with van der Waals surface area (Å²) in [6.07, 6.45) is 8.66. The highest BCUT2D eigenvalue weighted by atomic mass is 32.2. The highest BCUT2D eigenvalue weighted by Gasteiger charge is 2.29. The van der Waals surface area contributed by atoms with Crippen LogP contribution < -0.4 is 4.31 Å². The van der Waals surface area contributed by atoms with Gasteiger partial charge in [0, 0.05) is 30.7 Å². The quantitative estimate of drug-likeness (QED) is 0.284. The van der Waals surface area contributed by atoms with Gasteiger partial charge in [-0.3, -0.25) is 14.0 Å². The maximum atomic E-state index is 13.4. The monoisotopic (exact) mass is 585 g/mol. The number of carbonyl (C=O) groups excluding carboxylic acids is 1. The second-order valence-electron chi connectivity index (χ2n) is 9.93. The molecule has 0 bridgehead atoms. The van der Waals surface area contributed by atoms with E-state index in [1.165, 1.54) is 21.8 Å². The molecule has 0 N–H and O–H groups in total. The summed E-state index contributed by atoms with van der Waals surface area (Å²) >= 11 is 2.96. The molecule has 1 aliphatic heterocycles. The average molecular weight is 586 g/mol. The van der Waals surface area contributed by atoms with Crippen LogP contribution in [0.15, 0.2) is 46.1 Å². The number of hydrogen-bond donors (Lipinski definition) is 0. The highest BCUT2D eigenvalue weighted by molar-refractivity contribution is 7.94. The Bertz CT molecular complexity index is 1430. The third-order valence-electron chi connectivity index (χ3n) is 7.32. The summed E-state index contributed by atoms with van der Waals surface area (Å²) in [6, 6.07) is 9.40. The van der Waals surface area contributed by atoms with Gasteiger partial charge in [-0.15, -0.1) is 22.7 Å². The molecule has 0 spiro atoms. The molecule has 1 saturated heterocycles. The van der Waals surface area contributed by atoms with Gasteiger partial charge < -0.3 is 4.74 Å². The Morgan fingerprint density at radius 3 is 2.82 bits per heavy atom. The van der Waals surface area contributed by atoms with E-state index in [4.69, 9.17) is 9.72 Å². The maximum absolute atomic E-state index is 13.4. The Balaban J connectivity index is 1.36. The fourth-order valence-electron chi connectivity index (χ4n) is 5.51. The lowest BCUT2D eigenvalue weighted by atomic mass is 9.98. The number of sulfonamides is 1. The molecule has 10 heteroatoms. The van der Waals surface area contributed by atoms with Gasteiger partial charge in [0.25, 0.3) is 10.0 Å². The number of benzene rings is 1. The first-order valence-electron chi connectivity index (χ1n) is 13.6. The van der Waals surface area contributed by atoms with Crippen molar-refractivity contribution >= 4 is 56.0 Å². The van der Waals surface area contributed by atoms with Gasteiger partial charge in [-0.1, -0.05) is 18.2 Å². The molecule has 1 unspecified atom stereocenters. The summed E-state index contributed by atoms with van der Waals surface area (Å²) in [6.45, 7) is 7.03. The van der Waals surface area contributed by atoms with Crippen molar-refractivity contribution in [3.63, 3.8) is 0 Å². The standard InChI is InChI=1S/C29H35N3O4S3/c1-3-32(39(34,35)27-14-8-16-37-27)26-13-6-9-21-17-22(10-5-12-25(21)26)28-30-18-24(38-28)20-31-15-7-11-23(19-31)29(33)36-4-2/h6,8-9,13-14,16-18,23H,3-5,7,10-12,15,19-20H2,1-2H3. The van der Waals surface area contributed by atoms with Crippen LogP contribution in [0.2, 0.25) is 0 Å². The van der Waals surface area contributed by atoms with Crippen LogP contribution in [0.1, 0.15) is 60.5 Å². The van der Waals surface area contributed by atoms with Gasteiger partial charge in [0.1, 0.15) is 9.22 Å². The van der Waals surface area contributed by atoms with Crippen molar-refractivity contribution in [3.8, 4) is 0 Å². The minimum Gasteiger partial charge on any atom is -0.466 e. The van der Waals surface area contributed by atoms with E-state index in [0.717, 1.165) is 73.6 Å². The molecule has 7 nitrogen and oxygen atoms in total. The van der Waals surface area contributed by atoms with Gasteiger partial charge in [0.15, 0.2) is 0 Å². The Labute approximate surface area is 239 Å². The van der Waals surface area contributed by atoms with E-state index < -0.39 is 10.0 Å². The van der Waals surface area contributed by atoms with Crippen molar-refractivity contribution in [3.05, 3.63) is 62.9 Å². The van der Waals surface area contributed by atoms with E-state index in [1.807, 2.05) is 32.2 Å². The third kappa shape index (κ3) is 6.14. The van der Waals surface area contributed by atoms with Crippen molar-refractivity contribution in [1.29, 1.82) is 0 Å². The zero-order valence-corrected chi connectivity index (χ0v) is 24.9. The largest absolute Gasteiger partial charge is 0.466 e. The number of ether oxygens (including phenoxy) is 1. The number of thiazole rings is 1. The van der Waals surface area contributed by atoms with Gasteiger partial charge in [0.05, 0.1) is 18.2 Å². The molecule has 0 amide bonds. The first-order chi connectivity index (χ1) is 18.9. The number of allylic oxidation sites excluding steroid dienone is 1. The lowest BCUT2D eigenvalue weighted by Crippen LogP contribution is -2.38. The molecule has 3 heterocycles. The molecule has 1 aliphatic carbocycles. The Kier molecular flexibility index (Phi) is 8.86. The van der Waals surface area contributed by atoms with E-state index in [9.17, 15) is 13.2 Å². The smallest absolute Gasteiger partial charge is 0.310 e. The zero-order chi connectivity index (χ0) is 27.4. The minimum atomic E-state index is -3.61. The zero-order valence-electron chi connectivity index (χ0n) is 22.5. The fraction of sp³-hybridized carbons (Fsp3) is 0.448. The third-order valence-corrected chi connectivity index (χ3v) is 11.6. The van der Waals surface area contributed by atoms with Gasteiger partial charge in [0.2, 0.25) is 0 Å². The minimum absolute atomic E-state index is 0.0485. The van der Waals surface area contributed by atoms with Crippen molar-refractivity contribution in [2.24, 2.45) is 5.92 Å². The molecule has 39 heavy (non-hydrogen) atoms. The summed E-state index contributed by atoms with van der Waals surface area (Å²) < 4.78 is 34.0. The molecule has 0 saturated carbocycles. The first kappa shape index (κ1) is 28.0. The Hall–Kier alpha value is -2.53. The van der Waals surface area contributed by atoms with E-state index in [1.54, 1.807) is 33.2 Å². The van der Waals surface area contributed by atoms with Crippen LogP contribution in [-0.2, 0) is 32.5 Å². The number of nitrogens with zero attached hydrogens (tertiary/aromatic N) is 3. The molecular weight excluding hydrogens is 551 g/mol. The molecular formula is C29H35N3O4S3.